The zero-order valence-corrected chi connectivity index (χ0v) is 9.95. The van der Waals surface area contributed by atoms with Gasteiger partial charge in [-0.15, -0.1) is 0 Å². The lowest BCUT2D eigenvalue weighted by Gasteiger charge is -2.08. The first kappa shape index (κ1) is 11.5. The van der Waals surface area contributed by atoms with Gasteiger partial charge < -0.3 is 15.6 Å². The van der Waals surface area contributed by atoms with E-state index in [0.717, 1.165) is 0 Å². The number of hydrogen-bond acceptors (Lipinski definition) is 5. The van der Waals surface area contributed by atoms with Crippen LogP contribution >= 0.6 is 11.3 Å². The first-order valence-electron chi connectivity index (χ1n) is 4.87. The van der Waals surface area contributed by atoms with Crippen LogP contribution in [0.1, 0.15) is 15.9 Å². The number of aromatic hydroxyl groups is 1. The minimum absolute atomic E-state index is 0.0970. The third-order valence-electron chi connectivity index (χ3n) is 2.38. The summed E-state index contributed by atoms with van der Waals surface area (Å²) in [6.07, 6.45) is 0. The number of benzene rings is 1. The van der Waals surface area contributed by atoms with Gasteiger partial charge in [0.1, 0.15) is 0 Å². The number of methoxy groups -OCH3 is 1. The largest absolute Gasteiger partial charge is 0.504 e. The van der Waals surface area contributed by atoms with Crippen molar-refractivity contribution in [2.24, 2.45) is 0 Å². The smallest absolute Gasteiger partial charge is 0.196 e. The van der Waals surface area contributed by atoms with Gasteiger partial charge in [0.25, 0.3) is 0 Å². The van der Waals surface area contributed by atoms with Gasteiger partial charge in [-0.3, -0.25) is 4.79 Å². The van der Waals surface area contributed by atoms with Crippen molar-refractivity contribution < 1.29 is 14.6 Å². The predicted molar refractivity (Wildman–Crippen MR) is 66.8 cm³/mol. The summed E-state index contributed by atoms with van der Waals surface area (Å²) in [6, 6.07) is 4.48. The lowest BCUT2D eigenvalue weighted by Crippen LogP contribution is -2.04. The van der Waals surface area contributed by atoms with Crippen LogP contribution in [0.3, 0.4) is 0 Å². The van der Waals surface area contributed by atoms with E-state index in [1.165, 1.54) is 30.6 Å². The van der Waals surface area contributed by atoms with Crippen LogP contribution in [0.4, 0.5) is 5.69 Å². The van der Waals surface area contributed by atoms with Crippen LogP contribution in [0, 0.1) is 0 Å². The number of rotatable bonds is 3. The number of nitrogen functional groups attached to an aromatic ring is 1. The van der Waals surface area contributed by atoms with Gasteiger partial charge in [-0.05, 0) is 17.5 Å². The molecule has 0 spiro atoms. The van der Waals surface area contributed by atoms with Gasteiger partial charge in [-0.1, -0.05) is 0 Å². The number of ketones is 1. The van der Waals surface area contributed by atoms with Crippen LogP contribution in [-0.2, 0) is 0 Å². The molecule has 0 saturated carbocycles. The molecular formula is C12H11NO3S. The molecule has 17 heavy (non-hydrogen) atoms. The summed E-state index contributed by atoms with van der Waals surface area (Å²) in [4.78, 5) is 12.1. The minimum Gasteiger partial charge on any atom is -0.504 e. The Morgan fingerprint density at radius 2 is 2.24 bits per heavy atom. The summed E-state index contributed by atoms with van der Waals surface area (Å²) >= 11 is 1.43. The Morgan fingerprint density at radius 1 is 1.47 bits per heavy atom. The predicted octanol–water partition coefficient (Wildman–Crippen LogP) is 2.28. The average molecular weight is 249 g/mol. The molecule has 1 aromatic carbocycles. The second kappa shape index (κ2) is 4.47. The van der Waals surface area contributed by atoms with Gasteiger partial charge in [-0.2, -0.15) is 11.3 Å². The summed E-state index contributed by atoms with van der Waals surface area (Å²) in [7, 11) is 1.43. The first-order chi connectivity index (χ1) is 8.13. The highest BCUT2D eigenvalue weighted by Gasteiger charge is 2.16. The third-order valence-corrected chi connectivity index (χ3v) is 3.06. The monoisotopic (exact) mass is 249 g/mol. The number of hydrogen-bond donors (Lipinski definition) is 2. The third kappa shape index (κ3) is 2.09. The molecule has 0 amide bonds. The SMILES string of the molecule is COc1cc(N)c(C(=O)c2ccsc2)cc1O. The fraction of sp³-hybridized carbons (Fsp3) is 0.0833. The molecule has 3 N–H and O–H groups in total. The van der Waals surface area contributed by atoms with Crippen LogP contribution in [0.25, 0.3) is 0 Å². The quantitative estimate of drug-likeness (QED) is 0.497. The highest BCUT2D eigenvalue weighted by atomic mass is 32.1. The van der Waals surface area contributed by atoms with Crippen molar-refractivity contribution in [3.63, 3.8) is 0 Å². The first-order valence-corrected chi connectivity index (χ1v) is 5.81. The summed E-state index contributed by atoms with van der Waals surface area (Å²) < 4.78 is 4.91. The zero-order valence-electron chi connectivity index (χ0n) is 9.14. The molecule has 0 unspecified atom stereocenters. The zero-order chi connectivity index (χ0) is 12.4. The van der Waals surface area contributed by atoms with Gasteiger partial charge in [0.15, 0.2) is 17.3 Å². The number of thiophene rings is 1. The molecule has 0 fully saturated rings. The van der Waals surface area contributed by atoms with Gasteiger partial charge in [0.05, 0.1) is 7.11 Å². The summed E-state index contributed by atoms with van der Waals surface area (Å²) in [5, 5.41) is 13.2. The summed E-state index contributed by atoms with van der Waals surface area (Å²) in [5.41, 5.74) is 6.89. The number of nitrogens with two attached hydrogens (primary N) is 1. The van der Waals surface area contributed by atoms with Crippen LogP contribution in [-0.4, -0.2) is 18.0 Å². The molecule has 1 heterocycles. The fourth-order valence-electron chi connectivity index (χ4n) is 1.49. The molecule has 2 aromatic rings. The van der Waals surface area contributed by atoms with Crippen molar-refractivity contribution in [3.05, 3.63) is 40.1 Å². The van der Waals surface area contributed by atoms with E-state index in [9.17, 15) is 9.90 Å². The maximum Gasteiger partial charge on any atom is 0.196 e. The van der Waals surface area contributed by atoms with Crippen molar-refractivity contribution in [1.29, 1.82) is 0 Å². The maximum atomic E-state index is 12.1. The molecule has 0 aliphatic carbocycles. The lowest BCUT2D eigenvalue weighted by atomic mass is 10.0. The second-order valence-corrected chi connectivity index (χ2v) is 4.23. The van der Waals surface area contributed by atoms with Crippen molar-refractivity contribution in [2.75, 3.05) is 12.8 Å². The molecule has 4 nitrogen and oxygen atoms in total. The second-order valence-electron chi connectivity index (χ2n) is 3.45. The van der Waals surface area contributed by atoms with E-state index in [1.54, 1.807) is 11.4 Å². The minimum atomic E-state index is -0.207. The number of phenolic OH excluding ortho intramolecular Hbond substituents is 1. The molecule has 0 saturated heterocycles. The van der Waals surface area contributed by atoms with Crippen molar-refractivity contribution in [3.8, 4) is 11.5 Å². The van der Waals surface area contributed by atoms with E-state index >= 15 is 0 Å². The lowest BCUT2D eigenvalue weighted by molar-refractivity contribution is 0.103. The molecule has 0 bridgehead atoms. The highest BCUT2D eigenvalue weighted by Crippen LogP contribution is 2.32. The van der Waals surface area contributed by atoms with Crippen LogP contribution < -0.4 is 10.5 Å². The van der Waals surface area contributed by atoms with Crippen LogP contribution in [0.2, 0.25) is 0 Å². The van der Waals surface area contributed by atoms with E-state index in [4.69, 9.17) is 10.5 Å². The summed E-state index contributed by atoms with van der Waals surface area (Å²) in [6.45, 7) is 0. The average Bonchev–Trinajstić information content (AvgIpc) is 2.84. The van der Waals surface area contributed by atoms with E-state index in [-0.39, 0.29) is 28.5 Å². The van der Waals surface area contributed by atoms with Gasteiger partial charge in [0.2, 0.25) is 0 Å². The van der Waals surface area contributed by atoms with E-state index in [0.29, 0.717) is 5.56 Å². The summed E-state index contributed by atoms with van der Waals surface area (Å²) in [5.74, 6) is -0.0497. The van der Waals surface area contributed by atoms with E-state index < -0.39 is 0 Å². The molecule has 0 atom stereocenters. The Hall–Kier alpha value is -2.01. The molecular weight excluding hydrogens is 238 g/mol. The Kier molecular flexibility index (Phi) is 3.01. The standard InChI is InChI=1S/C12H11NO3S/c1-16-11-5-9(13)8(4-10(11)14)12(15)7-2-3-17-6-7/h2-6,14H,13H2,1H3. The fourth-order valence-corrected chi connectivity index (χ4v) is 2.13. The topological polar surface area (TPSA) is 72.5 Å². The molecule has 0 aliphatic heterocycles. The normalized spacial score (nSPS) is 10.2. The Labute approximate surface area is 102 Å². The van der Waals surface area contributed by atoms with E-state index in [1.807, 2.05) is 5.38 Å². The number of phenols is 1. The molecule has 88 valence electrons. The molecule has 2 rings (SSSR count). The van der Waals surface area contributed by atoms with Crippen molar-refractivity contribution in [1.82, 2.24) is 0 Å². The Bertz CT molecular complexity index is 549. The molecule has 5 heteroatoms. The van der Waals surface area contributed by atoms with Gasteiger partial charge >= 0.3 is 0 Å². The van der Waals surface area contributed by atoms with Gasteiger partial charge in [-0.25, -0.2) is 0 Å². The molecule has 0 radical (unpaired) electrons. The number of ether oxygens (including phenoxy) is 1. The Morgan fingerprint density at radius 3 is 2.82 bits per heavy atom. The molecule has 0 aliphatic rings. The maximum absolute atomic E-state index is 12.1. The van der Waals surface area contributed by atoms with E-state index in [2.05, 4.69) is 0 Å². The Balaban J connectivity index is 2.46. The molecule has 1 aromatic heterocycles. The highest BCUT2D eigenvalue weighted by molar-refractivity contribution is 7.08. The van der Waals surface area contributed by atoms with Crippen LogP contribution in [0.15, 0.2) is 29.0 Å². The van der Waals surface area contributed by atoms with Crippen molar-refractivity contribution in [2.45, 2.75) is 0 Å². The van der Waals surface area contributed by atoms with Crippen molar-refractivity contribution >= 4 is 22.8 Å². The van der Waals surface area contributed by atoms with Crippen LogP contribution in [0.5, 0.6) is 11.5 Å². The number of anilines is 1. The van der Waals surface area contributed by atoms with Gasteiger partial charge in [0, 0.05) is 28.3 Å². The number of carbonyl (C=O) groups excluding carboxylic acids is 1. The number of carbonyl (C=O) groups is 1.